The zero-order valence-corrected chi connectivity index (χ0v) is 7.90. The van der Waals surface area contributed by atoms with E-state index in [-0.39, 0.29) is 6.10 Å². The molecule has 0 spiro atoms. The standard InChI is InChI=1S/C9H18N2O/c1-10-3-7-5-11(2)6-8(4-10)9(7)12/h7-9,12H,3-6H2,1-2H3. The molecule has 2 aliphatic rings. The minimum absolute atomic E-state index is 0.0441. The van der Waals surface area contributed by atoms with Crippen LogP contribution >= 0.6 is 0 Å². The van der Waals surface area contributed by atoms with Gasteiger partial charge in [-0.25, -0.2) is 0 Å². The number of hydrogen-bond acceptors (Lipinski definition) is 3. The fourth-order valence-electron chi connectivity index (χ4n) is 2.68. The molecule has 0 saturated carbocycles. The van der Waals surface area contributed by atoms with Crippen LogP contribution in [0.4, 0.5) is 0 Å². The Kier molecular flexibility index (Phi) is 2.10. The van der Waals surface area contributed by atoms with Gasteiger partial charge in [-0.05, 0) is 14.1 Å². The van der Waals surface area contributed by atoms with Gasteiger partial charge in [-0.1, -0.05) is 0 Å². The predicted molar refractivity (Wildman–Crippen MR) is 48.0 cm³/mol. The molecule has 0 radical (unpaired) electrons. The van der Waals surface area contributed by atoms with Crippen LogP contribution in [0.5, 0.6) is 0 Å². The molecule has 2 heterocycles. The van der Waals surface area contributed by atoms with E-state index in [1.807, 2.05) is 0 Å². The zero-order chi connectivity index (χ0) is 8.72. The molecule has 2 saturated heterocycles. The van der Waals surface area contributed by atoms with E-state index in [9.17, 15) is 5.11 Å². The molecular weight excluding hydrogens is 152 g/mol. The van der Waals surface area contributed by atoms with Crippen LogP contribution in [0.3, 0.4) is 0 Å². The third kappa shape index (κ3) is 1.37. The van der Waals surface area contributed by atoms with Crippen molar-refractivity contribution in [2.24, 2.45) is 11.8 Å². The number of aliphatic hydroxyl groups excluding tert-OH is 1. The highest BCUT2D eigenvalue weighted by molar-refractivity contribution is 4.92. The molecule has 12 heavy (non-hydrogen) atoms. The summed E-state index contributed by atoms with van der Waals surface area (Å²) >= 11 is 0. The molecule has 1 N–H and O–H groups in total. The highest BCUT2D eigenvalue weighted by Gasteiger charge is 2.38. The molecule has 0 amide bonds. The monoisotopic (exact) mass is 170 g/mol. The average molecular weight is 170 g/mol. The smallest absolute Gasteiger partial charge is 0.0645 e. The van der Waals surface area contributed by atoms with Crippen molar-refractivity contribution in [3.8, 4) is 0 Å². The minimum atomic E-state index is -0.0441. The van der Waals surface area contributed by atoms with E-state index in [1.54, 1.807) is 0 Å². The third-order valence-corrected chi connectivity index (χ3v) is 3.15. The second-order valence-corrected chi connectivity index (χ2v) is 4.45. The van der Waals surface area contributed by atoms with Crippen molar-refractivity contribution in [2.75, 3.05) is 40.3 Å². The van der Waals surface area contributed by atoms with Crippen molar-refractivity contribution < 1.29 is 5.11 Å². The van der Waals surface area contributed by atoms with Gasteiger partial charge in [0, 0.05) is 38.0 Å². The molecule has 70 valence electrons. The van der Waals surface area contributed by atoms with Crippen molar-refractivity contribution in [2.45, 2.75) is 6.10 Å². The number of rotatable bonds is 0. The summed E-state index contributed by atoms with van der Waals surface area (Å²) in [5.74, 6) is 0.958. The Morgan fingerprint density at radius 2 is 1.25 bits per heavy atom. The van der Waals surface area contributed by atoms with E-state index in [2.05, 4.69) is 23.9 Å². The first-order valence-corrected chi connectivity index (χ1v) is 4.72. The number of fused-ring (bicyclic) bond motifs is 2. The highest BCUT2D eigenvalue weighted by Crippen LogP contribution is 2.27. The van der Waals surface area contributed by atoms with Crippen LogP contribution in [0.25, 0.3) is 0 Å². The van der Waals surface area contributed by atoms with E-state index in [1.165, 1.54) is 0 Å². The van der Waals surface area contributed by atoms with Gasteiger partial charge in [0.1, 0.15) is 0 Å². The number of nitrogens with zero attached hydrogens (tertiary/aromatic N) is 2. The van der Waals surface area contributed by atoms with Crippen molar-refractivity contribution in [3.63, 3.8) is 0 Å². The minimum Gasteiger partial charge on any atom is -0.392 e. The van der Waals surface area contributed by atoms with Crippen LogP contribution in [0.1, 0.15) is 0 Å². The Morgan fingerprint density at radius 1 is 0.917 bits per heavy atom. The molecule has 0 aromatic carbocycles. The summed E-state index contributed by atoms with van der Waals surface area (Å²) in [4.78, 5) is 4.68. The first kappa shape index (κ1) is 8.48. The molecule has 0 aromatic rings. The van der Waals surface area contributed by atoms with Crippen molar-refractivity contribution >= 4 is 0 Å². The first-order valence-electron chi connectivity index (χ1n) is 4.72. The average Bonchev–Trinajstić information content (AvgIpc) is 1.94. The van der Waals surface area contributed by atoms with Gasteiger partial charge in [-0.3, -0.25) is 0 Å². The molecule has 2 bridgehead atoms. The second kappa shape index (κ2) is 2.98. The van der Waals surface area contributed by atoms with Gasteiger partial charge >= 0.3 is 0 Å². The summed E-state index contributed by atoms with van der Waals surface area (Å²) in [5, 5.41) is 9.87. The first-order chi connectivity index (χ1) is 5.66. The van der Waals surface area contributed by atoms with Crippen LogP contribution in [-0.4, -0.2) is 61.3 Å². The third-order valence-electron chi connectivity index (χ3n) is 3.15. The van der Waals surface area contributed by atoms with Gasteiger partial charge < -0.3 is 14.9 Å². The number of likely N-dealkylation sites (tertiary alicyclic amines) is 2. The molecule has 0 unspecified atom stereocenters. The molecule has 2 fully saturated rings. The van der Waals surface area contributed by atoms with Crippen LogP contribution in [0.15, 0.2) is 0 Å². The number of aliphatic hydroxyl groups is 1. The molecule has 3 nitrogen and oxygen atoms in total. The lowest BCUT2D eigenvalue weighted by Crippen LogP contribution is -2.58. The summed E-state index contributed by atoms with van der Waals surface area (Å²) in [6, 6.07) is 0. The fraction of sp³-hybridized carbons (Fsp3) is 1.00. The van der Waals surface area contributed by atoms with Gasteiger partial charge in [0.25, 0.3) is 0 Å². The van der Waals surface area contributed by atoms with E-state index >= 15 is 0 Å². The summed E-state index contributed by atoms with van der Waals surface area (Å²) < 4.78 is 0. The van der Waals surface area contributed by atoms with E-state index in [0.29, 0.717) is 11.8 Å². The molecule has 3 heteroatoms. The summed E-state index contributed by atoms with van der Waals surface area (Å²) in [7, 11) is 4.30. The molecule has 2 aliphatic heterocycles. The molecule has 0 aliphatic carbocycles. The Hall–Kier alpha value is -0.120. The van der Waals surface area contributed by atoms with E-state index in [4.69, 9.17) is 0 Å². The topological polar surface area (TPSA) is 26.7 Å². The Labute approximate surface area is 74.0 Å². The number of hydrogen-bond donors (Lipinski definition) is 1. The molecular formula is C9H18N2O. The van der Waals surface area contributed by atoms with Crippen LogP contribution in [0.2, 0.25) is 0 Å². The van der Waals surface area contributed by atoms with Crippen molar-refractivity contribution in [1.82, 2.24) is 9.80 Å². The second-order valence-electron chi connectivity index (χ2n) is 4.45. The summed E-state index contributed by atoms with van der Waals surface area (Å²) in [6.45, 7) is 4.23. The highest BCUT2D eigenvalue weighted by atomic mass is 16.3. The maximum atomic E-state index is 9.87. The van der Waals surface area contributed by atoms with Gasteiger partial charge in [0.15, 0.2) is 0 Å². The zero-order valence-electron chi connectivity index (χ0n) is 7.90. The Bertz CT molecular complexity index is 144. The summed E-state index contributed by atoms with van der Waals surface area (Å²) in [5.41, 5.74) is 0. The van der Waals surface area contributed by atoms with Gasteiger partial charge in [-0.2, -0.15) is 0 Å². The van der Waals surface area contributed by atoms with Crippen molar-refractivity contribution in [1.29, 1.82) is 0 Å². The Balaban J connectivity index is 2.08. The van der Waals surface area contributed by atoms with Gasteiger partial charge in [0.2, 0.25) is 0 Å². The van der Waals surface area contributed by atoms with Gasteiger partial charge in [-0.15, -0.1) is 0 Å². The van der Waals surface area contributed by atoms with E-state index in [0.717, 1.165) is 26.2 Å². The summed E-state index contributed by atoms with van der Waals surface area (Å²) in [6.07, 6.45) is -0.0441. The molecule has 0 aromatic heterocycles. The maximum absolute atomic E-state index is 9.87. The molecule has 0 atom stereocenters. The van der Waals surface area contributed by atoms with Crippen LogP contribution in [-0.2, 0) is 0 Å². The normalized spacial score (nSPS) is 44.8. The molecule has 2 rings (SSSR count). The maximum Gasteiger partial charge on any atom is 0.0645 e. The predicted octanol–water partition coefficient (Wildman–Crippen LogP) is -0.529. The van der Waals surface area contributed by atoms with Crippen molar-refractivity contribution in [3.05, 3.63) is 0 Å². The largest absolute Gasteiger partial charge is 0.392 e. The lowest BCUT2D eigenvalue weighted by atomic mass is 9.82. The number of piperidine rings is 2. The Morgan fingerprint density at radius 3 is 1.58 bits per heavy atom. The quantitative estimate of drug-likeness (QED) is 0.529. The fourth-order valence-corrected chi connectivity index (χ4v) is 2.68. The lowest BCUT2D eigenvalue weighted by Gasteiger charge is -2.47. The van der Waals surface area contributed by atoms with Crippen LogP contribution < -0.4 is 0 Å². The van der Waals surface area contributed by atoms with E-state index < -0.39 is 0 Å². The SMILES string of the molecule is CN1CC2CN(C)CC(C1)C2O. The lowest BCUT2D eigenvalue weighted by molar-refractivity contribution is -0.0658. The van der Waals surface area contributed by atoms with Crippen LogP contribution in [0, 0.1) is 11.8 Å². The van der Waals surface area contributed by atoms with Gasteiger partial charge in [0.05, 0.1) is 6.10 Å².